The minimum absolute atomic E-state index is 0.0643. The molecule has 4 aromatic rings. The number of carbonyl (C=O) groups is 1. The monoisotopic (exact) mass is 347 g/mol. The molecule has 26 heavy (non-hydrogen) atoms. The first-order chi connectivity index (χ1) is 12.7. The van der Waals surface area contributed by atoms with Crippen LogP contribution >= 0.6 is 0 Å². The number of para-hydroxylation sites is 2. The molecule has 0 bridgehead atoms. The SMILES string of the molecule is O=C(OCc1ccccc1)c1ccccc1O.c1ccc2oncc2c1. The Morgan fingerprint density at radius 3 is 2.38 bits per heavy atom. The second-order valence-corrected chi connectivity index (χ2v) is 5.44. The minimum atomic E-state index is -0.521. The number of aromatic nitrogens is 1. The number of phenols is 1. The molecule has 1 N–H and O–H groups in total. The van der Waals surface area contributed by atoms with Crippen LogP contribution in [-0.2, 0) is 11.3 Å². The number of phenolic OH excluding ortho intramolecular Hbond substituents is 1. The van der Waals surface area contributed by atoms with Gasteiger partial charge in [-0.05, 0) is 29.8 Å². The lowest BCUT2D eigenvalue weighted by Crippen LogP contribution is -2.05. The molecule has 0 aliphatic carbocycles. The highest BCUT2D eigenvalue weighted by Crippen LogP contribution is 2.17. The first kappa shape index (κ1) is 17.2. The van der Waals surface area contributed by atoms with Crippen molar-refractivity contribution in [3.05, 3.63) is 96.2 Å². The highest BCUT2D eigenvalue weighted by atomic mass is 16.5. The highest BCUT2D eigenvalue weighted by molar-refractivity contribution is 5.92. The first-order valence-corrected chi connectivity index (χ1v) is 8.02. The van der Waals surface area contributed by atoms with Gasteiger partial charge in [-0.3, -0.25) is 0 Å². The molecule has 0 aliphatic heterocycles. The van der Waals surface area contributed by atoms with E-state index in [4.69, 9.17) is 9.26 Å². The predicted octanol–water partition coefficient (Wildman–Crippen LogP) is 4.58. The van der Waals surface area contributed by atoms with Crippen molar-refractivity contribution in [3.8, 4) is 5.75 Å². The molecule has 130 valence electrons. The number of fused-ring (bicyclic) bond motifs is 1. The van der Waals surface area contributed by atoms with Gasteiger partial charge in [0.25, 0.3) is 0 Å². The third-order valence-corrected chi connectivity index (χ3v) is 3.60. The molecule has 0 saturated heterocycles. The van der Waals surface area contributed by atoms with Crippen molar-refractivity contribution in [3.63, 3.8) is 0 Å². The van der Waals surface area contributed by atoms with Gasteiger partial charge in [0.05, 0.1) is 6.20 Å². The molecule has 5 heteroatoms. The summed E-state index contributed by atoms with van der Waals surface area (Å²) < 4.78 is 9.96. The van der Waals surface area contributed by atoms with Crippen molar-refractivity contribution < 1.29 is 19.2 Å². The molecule has 5 nitrogen and oxygen atoms in total. The van der Waals surface area contributed by atoms with E-state index in [-0.39, 0.29) is 17.9 Å². The summed E-state index contributed by atoms with van der Waals surface area (Å²) in [5.74, 6) is -0.586. The van der Waals surface area contributed by atoms with E-state index in [1.165, 1.54) is 12.1 Å². The van der Waals surface area contributed by atoms with Crippen molar-refractivity contribution in [1.29, 1.82) is 0 Å². The van der Waals surface area contributed by atoms with Crippen LogP contribution in [0, 0.1) is 0 Å². The maximum absolute atomic E-state index is 11.7. The zero-order valence-electron chi connectivity index (χ0n) is 13.9. The molecule has 1 aromatic heterocycles. The number of hydrogen-bond acceptors (Lipinski definition) is 5. The summed E-state index contributed by atoms with van der Waals surface area (Å²) in [5.41, 5.74) is 1.94. The second-order valence-electron chi connectivity index (χ2n) is 5.44. The minimum Gasteiger partial charge on any atom is -0.507 e. The van der Waals surface area contributed by atoms with Gasteiger partial charge in [0.1, 0.15) is 17.9 Å². The van der Waals surface area contributed by atoms with Crippen LogP contribution in [0.3, 0.4) is 0 Å². The Balaban J connectivity index is 0.000000181. The maximum atomic E-state index is 11.7. The quantitative estimate of drug-likeness (QED) is 0.549. The van der Waals surface area contributed by atoms with Gasteiger partial charge in [0.15, 0.2) is 5.58 Å². The number of aromatic hydroxyl groups is 1. The zero-order valence-corrected chi connectivity index (χ0v) is 13.9. The summed E-state index contributed by atoms with van der Waals surface area (Å²) in [6, 6.07) is 23.5. The standard InChI is InChI=1S/C14H12O3.C7H5NO/c15-13-9-5-4-8-12(13)14(16)17-10-11-6-2-1-3-7-11;1-2-4-7-6(3-1)5-8-9-7/h1-9,15H,10H2;1-5H. The lowest BCUT2D eigenvalue weighted by atomic mass is 10.2. The third-order valence-electron chi connectivity index (χ3n) is 3.60. The molecule has 1 heterocycles. The zero-order chi connectivity index (χ0) is 18.2. The average Bonchev–Trinajstić information content (AvgIpc) is 3.17. The van der Waals surface area contributed by atoms with E-state index >= 15 is 0 Å². The van der Waals surface area contributed by atoms with Gasteiger partial charge in [0, 0.05) is 5.39 Å². The van der Waals surface area contributed by atoms with Gasteiger partial charge in [-0.2, -0.15) is 0 Å². The van der Waals surface area contributed by atoms with Gasteiger partial charge in [0.2, 0.25) is 0 Å². The summed E-state index contributed by atoms with van der Waals surface area (Å²) in [7, 11) is 0. The Labute approximate surface area is 150 Å². The fraction of sp³-hybridized carbons (Fsp3) is 0.0476. The van der Waals surface area contributed by atoms with Crippen molar-refractivity contribution in [1.82, 2.24) is 5.16 Å². The molecule has 0 aliphatic rings. The summed E-state index contributed by atoms with van der Waals surface area (Å²) >= 11 is 0. The van der Waals surface area contributed by atoms with Gasteiger partial charge >= 0.3 is 5.97 Å². The second kappa shape index (κ2) is 8.48. The van der Waals surface area contributed by atoms with Crippen LogP contribution in [0.2, 0.25) is 0 Å². The fourth-order valence-corrected chi connectivity index (χ4v) is 2.26. The average molecular weight is 347 g/mol. The van der Waals surface area contributed by atoms with Crippen LogP contribution in [0.1, 0.15) is 15.9 Å². The summed E-state index contributed by atoms with van der Waals surface area (Å²) in [6.07, 6.45) is 1.70. The molecule has 4 rings (SSSR count). The molecule has 0 amide bonds. The number of nitrogens with zero attached hydrogens (tertiary/aromatic N) is 1. The summed E-state index contributed by atoms with van der Waals surface area (Å²) in [4.78, 5) is 11.7. The van der Waals surface area contributed by atoms with E-state index in [1.54, 1.807) is 18.3 Å². The number of benzene rings is 3. The van der Waals surface area contributed by atoms with E-state index in [9.17, 15) is 9.90 Å². The van der Waals surface area contributed by atoms with Crippen LogP contribution in [0.15, 0.2) is 89.6 Å². The highest BCUT2D eigenvalue weighted by Gasteiger charge is 2.11. The van der Waals surface area contributed by atoms with Crippen molar-refractivity contribution in [2.24, 2.45) is 0 Å². The lowest BCUT2D eigenvalue weighted by molar-refractivity contribution is 0.0469. The number of ether oxygens (including phenoxy) is 1. The van der Waals surface area contributed by atoms with Crippen molar-refractivity contribution >= 4 is 16.9 Å². The van der Waals surface area contributed by atoms with Crippen LogP contribution in [0.4, 0.5) is 0 Å². The molecule has 0 spiro atoms. The third kappa shape index (κ3) is 4.48. The Morgan fingerprint density at radius 1 is 0.923 bits per heavy atom. The summed E-state index contributed by atoms with van der Waals surface area (Å²) in [6.45, 7) is 0.202. The largest absolute Gasteiger partial charge is 0.507 e. The molecular formula is C21H17NO4. The lowest BCUT2D eigenvalue weighted by Gasteiger charge is -2.05. The topological polar surface area (TPSA) is 72.6 Å². The van der Waals surface area contributed by atoms with Gasteiger partial charge < -0.3 is 14.4 Å². The first-order valence-electron chi connectivity index (χ1n) is 8.02. The Hall–Kier alpha value is -3.60. The summed E-state index contributed by atoms with van der Waals surface area (Å²) in [5, 5.41) is 14.2. The Kier molecular flexibility index (Phi) is 5.62. The number of carbonyl (C=O) groups excluding carboxylic acids is 1. The smallest absolute Gasteiger partial charge is 0.342 e. The molecule has 0 fully saturated rings. The van der Waals surface area contributed by atoms with Crippen LogP contribution in [0.5, 0.6) is 5.75 Å². The molecular weight excluding hydrogens is 330 g/mol. The van der Waals surface area contributed by atoms with E-state index in [1.807, 2.05) is 54.6 Å². The molecule has 3 aromatic carbocycles. The number of esters is 1. The van der Waals surface area contributed by atoms with Gasteiger partial charge in [-0.15, -0.1) is 0 Å². The van der Waals surface area contributed by atoms with E-state index < -0.39 is 5.97 Å². The molecule has 0 unspecified atom stereocenters. The van der Waals surface area contributed by atoms with Crippen LogP contribution < -0.4 is 0 Å². The van der Waals surface area contributed by atoms with Crippen LogP contribution in [0.25, 0.3) is 11.0 Å². The van der Waals surface area contributed by atoms with E-state index in [2.05, 4.69) is 5.16 Å². The predicted molar refractivity (Wildman–Crippen MR) is 97.7 cm³/mol. The van der Waals surface area contributed by atoms with Crippen molar-refractivity contribution in [2.45, 2.75) is 6.61 Å². The van der Waals surface area contributed by atoms with E-state index in [0.29, 0.717) is 0 Å². The molecule has 0 radical (unpaired) electrons. The normalized spacial score (nSPS) is 10.0. The Bertz CT molecular complexity index is 949. The van der Waals surface area contributed by atoms with Crippen LogP contribution in [-0.4, -0.2) is 16.2 Å². The van der Waals surface area contributed by atoms with E-state index in [0.717, 1.165) is 16.5 Å². The fourth-order valence-electron chi connectivity index (χ4n) is 2.26. The van der Waals surface area contributed by atoms with Gasteiger partial charge in [-0.1, -0.05) is 59.8 Å². The Morgan fingerprint density at radius 2 is 1.62 bits per heavy atom. The molecule has 0 saturated carbocycles. The van der Waals surface area contributed by atoms with Crippen molar-refractivity contribution in [2.75, 3.05) is 0 Å². The number of rotatable bonds is 3. The maximum Gasteiger partial charge on any atom is 0.342 e. The number of hydrogen-bond donors (Lipinski definition) is 1. The molecule has 0 atom stereocenters. The van der Waals surface area contributed by atoms with Gasteiger partial charge in [-0.25, -0.2) is 4.79 Å².